The molecule has 0 unspecified atom stereocenters. The van der Waals surface area contributed by atoms with Crippen LogP contribution in [0.25, 0.3) is 5.69 Å². The first-order valence-electron chi connectivity index (χ1n) is 10.6. The SMILES string of the molecule is COc1ccc(-n2ccc(CNC(=O)C3CCN(S(=O)(=O)c4ccc(F)cc4)CC3)n2)cc1. The summed E-state index contributed by atoms with van der Waals surface area (Å²) < 4.78 is 46.8. The number of methoxy groups -OCH3 is 1. The molecule has 2 aromatic carbocycles. The maximum Gasteiger partial charge on any atom is 0.243 e. The summed E-state index contributed by atoms with van der Waals surface area (Å²) in [5, 5.41) is 7.38. The van der Waals surface area contributed by atoms with Gasteiger partial charge >= 0.3 is 0 Å². The Kier molecular flexibility index (Phi) is 6.75. The summed E-state index contributed by atoms with van der Waals surface area (Å²) in [5.41, 5.74) is 1.60. The van der Waals surface area contributed by atoms with Gasteiger partial charge in [-0.1, -0.05) is 0 Å². The average molecular weight is 473 g/mol. The number of ether oxygens (including phenoxy) is 1. The first kappa shape index (κ1) is 22.9. The summed E-state index contributed by atoms with van der Waals surface area (Å²) in [4.78, 5) is 12.7. The van der Waals surface area contributed by atoms with Crippen LogP contribution >= 0.6 is 0 Å². The Morgan fingerprint density at radius 2 is 1.76 bits per heavy atom. The number of sulfonamides is 1. The molecule has 1 fully saturated rings. The van der Waals surface area contributed by atoms with E-state index in [1.165, 1.54) is 16.4 Å². The molecule has 1 aromatic heterocycles. The van der Waals surface area contributed by atoms with Crippen LogP contribution < -0.4 is 10.1 Å². The van der Waals surface area contributed by atoms with Crippen LogP contribution in [0.1, 0.15) is 18.5 Å². The van der Waals surface area contributed by atoms with E-state index >= 15 is 0 Å². The van der Waals surface area contributed by atoms with Crippen molar-refractivity contribution in [3.05, 3.63) is 72.3 Å². The second-order valence-electron chi connectivity index (χ2n) is 7.80. The van der Waals surface area contributed by atoms with E-state index in [-0.39, 0.29) is 36.4 Å². The highest BCUT2D eigenvalue weighted by Gasteiger charge is 2.32. The standard InChI is InChI=1S/C23H25FN4O4S/c1-32-21-6-4-20(5-7-21)28-15-12-19(26-28)16-25-23(29)17-10-13-27(14-11-17)33(30,31)22-8-2-18(24)3-9-22/h2-9,12,15,17H,10-11,13-14,16H2,1H3,(H,25,29). The molecule has 1 saturated heterocycles. The molecular formula is C23H25FN4O4S. The fraction of sp³-hybridized carbons (Fsp3) is 0.304. The Morgan fingerprint density at radius 1 is 1.09 bits per heavy atom. The molecule has 0 aliphatic carbocycles. The van der Waals surface area contributed by atoms with Crippen molar-refractivity contribution in [2.24, 2.45) is 5.92 Å². The van der Waals surface area contributed by atoms with E-state index < -0.39 is 15.8 Å². The number of hydrogen-bond acceptors (Lipinski definition) is 5. The minimum atomic E-state index is -3.70. The number of amides is 1. The van der Waals surface area contributed by atoms with Crippen LogP contribution in [-0.4, -0.2) is 48.6 Å². The monoisotopic (exact) mass is 472 g/mol. The molecular weight excluding hydrogens is 447 g/mol. The number of piperidine rings is 1. The summed E-state index contributed by atoms with van der Waals surface area (Å²) in [6, 6.07) is 14.1. The highest BCUT2D eigenvalue weighted by Crippen LogP contribution is 2.24. The quantitative estimate of drug-likeness (QED) is 0.571. The van der Waals surface area contributed by atoms with Crippen LogP contribution in [0, 0.1) is 11.7 Å². The summed E-state index contributed by atoms with van der Waals surface area (Å²) >= 11 is 0. The van der Waals surface area contributed by atoms with Gasteiger partial charge in [-0.25, -0.2) is 17.5 Å². The van der Waals surface area contributed by atoms with Crippen molar-refractivity contribution in [2.75, 3.05) is 20.2 Å². The molecule has 0 atom stereocenters. The number of hydrogen-bond donors (Lipinski definition) is 1. The average Bonchev–Trinajstić information content (AvgIpc) is 3.32. The molecule has 1 amide bonds. The highest BCUT2D eigenvalue weighted by atomic mass is 32.2. The molecule has 10 heteroatoms. The van der Waals surface area contributed by atoms with Crippen molar-refractivity contribution in [3.63, 3.8) is 0 Å². The Morgan fingerprint density at radius 3 is 2.39 bits per heavy atom. The molecule has 0 saturated carbocycles. The van der Waals surface area contributed by atoms with Gasteiger partial charge in [0.2, 0.25) is 15.9 Å². The summed E-state index contributed by atoms with van der Waals surface area (Å²) in [6.45, 7) is 0.768. The van der Waals surface area contributed by atoms with Crippen LogP contribution in [0.15, 0.2) is 65.7 Å². The summed E-state index contributed by atoms with van der Waals surface area (Å²) in [5.74, 6) is -0.116. The van der Waals surface area contributed by atoms with E-state index in [2.05, 4.69) is 10.4 Å². The lowest BCUT2D eigenvalue weighted by Gasteiger charge is -2.30. The van der Waals surface area contributed by atoms with E-state index in [0.29, 0.717) is 12.8 Å². The lowest BCUT2D eigenvalue weighted by molar-refractivity contribution is -0.126. The zero-order chi connectivity index (χ0) is 23.4. The van der Waals surface area contributed by atoms with Crippen LogP contribution in [-0.2, 0) is 21.4 Å². The van der Waals surface area contributed by atoms with Gasteiger partial charge in [0.1, 0.15) is 11.6 Å². The van der Waals surface area contributed by atoms with E-state index in [4.69, 9.17) is 4.74 Å². The molecule has 1 N–H and O–H groups in total. The molecule has 0 spiro atoms. The van der Waals surface area contributed by atoms with Crippen molar-refractivity contribution >= 4 is 15.9 Å². The highest BCUT2D eigenvalue weighted by molar-refractivity contribution is 7.89. The maximum atomic E-state index is 13.1. The second-order valence-corrected chi connectivity index (χ2v) is 9.74. The predicted octanol–water partition coefficient (Wildman–Crippen LogP) is 2.74. The third kappa shape index (κ3) is 5.23. The Hall–Kier alpha value is -3.24. The molecule has 4 rings (SSSR count). The van der Waals surface area contributed by atoms with E-state index in [1.807, 2.05) is 36.5 Å². The van der Waals surface area contributed by atoms with Crippen LogP contribution in [0.4, 0.5) is 4.39 Å². The third-order valence-corrected chi connectivity index (χ3v) is 7.61. The van der Waals surface area contributed by atoms with Crippen molar-refractivity contribution in [3.8, 4) is 11.4 Å². The van der Waals surface area contributed by atoms with Crippen molar-refractivity contribution in [2.45, 2.75) is 24.3 Å². The zero-order valence-electron chi connectivity index (χ0n) is 18.1. The predicted molar refractivity (Wildman–Crippen MR) is 120 cm³/mol. The molecule has 33 heavy (non-hydrogen) atoms. The number of carbonyl (C=O) groups is 1. The van der Waals surface area contributed by atoms with Gasteiger partial charge in [0.05, 0.1) is 29.9 Å². The lowest BCUT2D eigenvalue weighted by atomic mass is 9.97. The lowest BCUT2D eigenvalue weighted by Crippen LogP contribution is -2.42. The Labute approximate surface area is 192 Å². The van der Waals surface area contributed by atoms with Gasteiger partial charge in [-0.3, -0.25) is 4.79 Å². The van der Waals surface area contributed by atoms with Gasteiger partial charge in [0, 0.05) is 25.2 Å². The molecule has 1 aliphatic rings. The minimum Gasteiger partial charge on any atom is -0.497 e. The topological polar surface area (TPSA) is 93.5 Å². The minimum absolute atomic E-state index is 0.0549. The number of carbonyl (C=O) groups excluding carboxylic acids is 1. The molecule has 1 aliphatic heterocycles. The zero-order valence-corrected chi connectivity index (χ0v) is 19.0. The van der Waals surface area contributed by atoms with Crippen molar-refractivity contribution in [1.29, 1.82) is 0 Å². The largest absolute Gasteiger partial charge is 0.497 e. The number of halogens is 1. The first-order valence-corrected chi connectivity index (χ1v) is 12.0. The molecule has 0 radical (unpaired) electrons. The van der Waals surface area contributed by atoms with Gasteiger partial charge in [0.15, 0.2) is 0 Å². The maximum absolute atomic E-state index is 13.1. The van der Waals surface area contributed by atoms with Crippen LogP contribution in [0.2, 0.25) is 0 Å². The Balaban J connectivity index is 1.29. The number of aromatic nitrogens is 2. The van der Waals surface area contributed by atoms with E-state index in [9.17, 15) is 17.6 Å². The summed E-state index contributed by atoms with van der Waals surface area (Å²) in [6.07, 6.45) is 2.67. The fourth-order valence-electron chi connectivity index (χ4n) is 3.77. The normalized spacial score (nSPS) is 15.3. The molecule has 8 nitrogen and oxygen atoms in total. The van der Waals surface area contributed by atoms with Gasteiger partial charge in [-0.05, 0) is 67.4 Å². The fourth-order valence-corrected chi connectivity index (χ4v) is 5.24. The summed E-state index contributed by atoms with van der Waals surface area (Å²) in [7, 11) is -2.09. The smallest absolute Gasteiger partial charge is 0.243 e. The molecule has 2 heterocycles. The van der Waals surface area contributed by atoms with Crippen LogP contribution in [0.3, 0.4) is 0 Å². The second kappa shape index (κ2) is 9.72. The van der Waals surface area contributed by atoms with Crippen molar-refractivity contribution in [1.82, 2.24) is 19.4 Å². The van der Waals surface area contributed by atoms with Gasteiger partial charge in [-0.2, -0.15) is 9.40 Å². The molecule has 0 bridgehead atoms. The number of nitrogens with one attached hydrogen (secondary N) is 1. The van der Waals surface area contributed by atoms with Crippen molar-refractivity contribution < 1.29 is 22.3 Å². The molecule has 3 aromatic rings. The van der Waals surface area contributed by atoms with E-state index in [1.54, 1.807) is 11.8 Å². The first-order chi connectivity index (χ1) is 15.9. The van der Waals surface area contributed by atoms with Gasteiger partial charge in [0.25, 0.3) is 0 Å². The number of nitrogens with zero attached hydrogens (tertiary/aromatic N) is 3. The molecule has 174 valence electrons. The van der Waals surface area contributed by atoms with Gasteiger partial charge in [-0.15, -0.1) is 0 Å². The number of rotatable bonds is 7. The number of benzene rings is 2. The Bertz CT molecular complexity index is 1200. The van der Waals surface area contributed by atoms with Gasteiger partial charge < -0.3 is 10.1 Å². The van der Waals surface area contributed by atoms with Crippen LogP contribution in [0.5, 0.6) is 5.75 Å². The van der Waals surface area contributed by atoms with E-state index in [0.717, 1.165) is 29.3 Å². The third-order valence-electron chi connectivity index (χ3n) is 5.70.